The lowest BCUT2D eigenvalue weighted by Crippen LogP contribution is -2.54. The SMILES string of the molecule is Cc1cccc(C(=O)NC(NC(=S)N=C2C(=O)N(c3ccccc3)N(C)C2C)C(Cl)(Cl)Cl)c1. The van der Waals surface area contributed by atoms with Crippen molar-refractivity contribution in [2.24, 2.45) is 4.99 Å². The van der Waals surface area contributed by atoms with Crippen LogP contribution in [-0.2, 0) is 4.79 Å². The fourth-order valence-electron chi connectivity index (χ4n) is 3.26. The average Bonchev–Trinajstić information content (AvgIpc) is 2.96. The molecular formula is C22H22Cl3N5O2S. The van der Waals surface area contributed by atoms with E-state index >= 15 is 0 Å². The second-order valence-corrected chi connectivity index (χ2v) is 10.2. The van der Waals surface area contributed by atoms with Gasteiger partial charge in [-0.15, -0.1) is 0 Å². The van der Waals surface area contributed by atoms with E-state index in [1.807, 2.05) is 50.2 Å². The van der Waals surface area contributed by atoms with Gasteiger partial charge in [-0.3, -0.25) is 9.59 Å². The standard InChI is InChI=1S/C22H22Cl3N5O2S/c1-13-8-7-9-15(12-13)18(31)27-20(22(23,24)25)28-21(33)26-17-14(2)29(3)30(19(17)32)16-10-5-4-6-11-16/h4-12,14,20H,1-3H3,(H,27,31)(H,28,33). The molecule has 7 nitrogen and oxygen atoms in total. The Morgan fingerprint density at radius 3 is 2.39 bits per heavy atom. The minimum Gasteiger partial charge on any atom is -0.337 e. The van der Waals surface area contributed by atoms with Crippen molar-refractivity contribution in [2.45, 2.75) is 29.8 Å². The minimum absolute atomic E-state index is 0.102. The van der Waals surface area contributed by atoms with E-state index in [1.165, 1.54) is 5.01 Å². The van der Waals surface area contributed by atoms with Gasteiger partial charge in [0.2, 0.25) is 3.79 Å². The number of hydrogen-bond acceptors (Lipinski definition) is 4. The monoisotopic (exact) mass is 525 g/mol. The number of amides is 2. The quantitative estimate of drug-likeness (QED) is 0.358. The van der Waals surface area contributed by atoms with E-state index in [2.05, 4.69) is 15.6 Å². The summed E-state index contributed by atoms with van der Waals surface area (Å²) in [5, 5.41) is 8.51. The summed E-state index contributed by atoms with van der Waals surface area (Å²) in [7, 11) is 1.78. The third-order valence-corrected chi connectivity index (χ3v) is 5.92. The van der Waals surface area contributed by atoms with Crippen LogP contribution in [0.4, 0.5) is 5.69 Å². The fourth-order valence-corrected chi connectivity index (χ4v) is 3.80. The molecule has 0 saturated carbocycles. The van der Waals surface area contributed by atoms with Gasteiger partial charge in [0.1, 0.15) is 11.9 Å². The van der Waals surface area contributed by atoms with Gasteiger partial charge in [-0.2, -0.15) is 0 Å². The Labute approximate surface area is 212 Å². The molecule has 3 rings (SSSR count). The molecule has 0 spiro atoms. The number of halogens is 3. The van der Waals surface area contributed by atoms with E-state index in [0.29, 0.717) is 11.3 Å². The van der Waals surface area contributed by atoms with Gasteiger partial charge in [-0.05, 0) is 50.3 Å². The summed E-state index contributed by atoms with van der Waals surface area (Å²) in [4.78, 5) is 30.0. The molecule has 2 unspecified atom stereocenters. The smallest absolute Gasteiger partial charge is 0.289 e. The third kappa shape index (κ3) is 6.02. The Bertz CT molecular complexity index is 1090. The van der Waals surface area contributed by atoms with Crippen LogP contribution < -0.4 is 15.6 Å². The molecule has 1 aliphatic rings. The number of anilines is 1. The van der Waals surface area contributed by atoms with Gasteiger partial charge < -0.3 is 10.6 Å². The molecule has 2 aromatic rings. The number of aryl methyl sites for hydroxylation is 1. The van der Waals surface area contributed by atoms with Gasteiger partial charge in [0.15, 0.2) is 5.11 Å². The number of alkyl halides is 3. The number of hydrazine groups is 1. The first kappa shape index (κ1) is 25.4. The summed E-state index contributed by atoms with van der Waals surface area (Å²) in [6.45, 7) is 3.69. The van der Waals surface area contributed by atoms with Crippen molar-refractivity contribution in [2.75, 3.05) is 12.1 Å². The van der Waals surface area contributed by atoms with Crippen LogP contribution in [0, 0.1) is 6.92 Å². The Hall–Kier alpha value is -2.23. The predicted molar refractivity (Wildman–Crippen MR) is 137 cm³/mol. The van der Waals surface area contributed by atoms with Gasteiger partial charge in [-0.1, -0.05) is 70.7 Å². The first-order valence-corrected chi connectivity index (χ1v) is 11.5. The topological polar surface area (TPSA) is 77.0 Å². The zero-order chi connectivity index (χ0) is 24.3. The molecule has 0 radical (unpaired) electrons. The number of aliphatic imine (C=N–C) groups is 1. The van der Waals surface area contributed by atoms with Crippen LogP contribution in [0.3, 0.4) is 0 Å². The molecule has 11 heteroatoms. The molecule has 2 N–H and O–H groups in total. The van der Waals surface area contributed by atoms with Crippen molar-refractivity contribution in [3.63, 3.8) is 0 Å². The molecule has 0 aliphatic carbocycles. The number of benzene rings is 2. The minimum atomic E-state index is -1.94. The Morgan fingerprint density at radius 2 is 1.79 bits per heavy atom. The molecule has 174 valence electrons. The van der Waals surface area contributed by atoms with Crippen molar-refractivity contribution in [3.8, 4) is 0 Å². The zero-order valence-corrected chi connectivity index (χ0v) is 21.1. The number of hydrogen-bond donors (Lipinski definition) is 2. The summed E-state index contributed by atoms with van der Waals surface area (Å²) in [6, 6.07) is 15.8. The molecule has 0 bridgehead atoms. The molecule has 2 aromatic carbocycles. The Morgan fingerprint density at radius 1 is 1.12 bits per heavy atom. The van der Waals surface area contributed by atoms with Gasteiger partial charge in [0.25, 0.3) is 11.8 Å². The zero-order valence-electron chi connectivity index (χ0n) is 18.1. The Balaban J connectivity index is 1.78. The number of nitrogens with zero attached hydrogens (tertiary/aromatic N) is 3. The number of thiocarbonyl (C=S) groups is 1. The molecule has 2 amide bonds. The maximum absolute atomic E-state index is 13.1. The van der Waals surface area contributed by atoms with Crippen molar-refractivity contribution in [1.29, 1.82) is 0 Å². The van der Waals surface area contributed by atoms with E-state index in [1.54, 1.807) is 30.3 Å². The first-order chi connectivity index (χ1) is 15.5. The second kappa shape index (κ2) is 10.4. The predicted octanol–water partition coefficient (Wildman–Crippen LogP) is 4.02. The summed E-state index contributed by atoms with van der Waals surface area (Å²) < 4.78 is -1.94. The van der Waals surface area contributed by atoms with Crippen molar-refractivity contribution < 1.29 is 9.59 Å². The van der Waals surface area contributed by atoms with Crippen LogP contribution >= 0.6 is 47.0 Å². The van der Waals surface area contributed by atoms with Crippen molar-refractivity contribution in [3.05, 3.63) is 65.7 Å². The first-order valence-electron chi connectivity index (χ1n) is 9.94. The molecule has 1 saturated heterocycles. The highest BCUT2D eigenvalue weighted by atomic mass is 35.6. The molecule has 0 aromatic heterocycles. The normalized spacial score (nSPS) is 19.0. The van der Waals surface area contributed by atoms with E-state index in [-0.39, 0.29) is 22.8 Å². The summed E-state index contributed by atoms with van der Waals surface area (Å²) in [5.74, 6) is -0.784. The van der Waals surface area contributed by atoms with Crippen molar-refractivity contribution in [1.82, 2.24) is 15.6 Å². The molecule has 1 fully saturated rings. The van der Waals surface area contributed by atoms with E-state index in [0.717, 1.165) is 5.56 Å². The van der Waals surface area contributed by atoms with Gasteiger partial charge in [0, 0.05) is 12.6 Å². The lowest BCUT2D eigenvalue weighted by atomic mass is 10.1. The molecule has 1 heterocycles. The van der Waals surface area contributed by atoms with Crippen LogP contribution in [-0.4, -0.2) is 50.7 Å². The highest BCUT2D eigenvalue weighted by Gasteiger charge is 2.41. The number of nitrogens with one attached hydrogen (secondary N) is 2. The number of carbonyl (C=O) groups excluding carboxylic acids is 2. The number of carbonyl (C=O) groups is 2. The summed E-state index contributed by atoms with van der Waals surface area (Å²) in [5.41, 5.74) is 2.22. The van der Waals surface area contributed by atoms with Gasteiger partial charge >= 0.3 is 0 Å². The van der Waals surface area contributed by atoms with E-state index in [4.69, 9.17) is 47.0 Å². The van der Waals surface area contributed by atoms with Crippen LogP contribution in [0.2, 0.25) is 0 Å². The lowest BCUT2D eigenvalue weighted by molar-refractivity contribution is -0.113. The Kier molecular flexibility index (Phi) is 7.97. The van der Waals surface area contributed by atoms with Crippen LogP contribution in [0.5, 0.6) is 0 Å². The van der Waals surface area contributed by atoms with E-state index in [9.17, 15) is 9.59 Å². The van der Waals surface area contributed by atoms with Crippen LogP contribution in [0.25, 0.3) is 0 Å². The molecule has 33 heavy (non-hydrogen) atoms. The number of para-hydroxylation sites is 1. The summed E-state index contributed by atoms with van der Waals surface area (Å²) >= 11 is 23.5. The summed E-state index contributed by atoms with van der Waals surface area (Å²) in [6.07, 6.45) is -1.19. The van der Waals surface area contributed by atoms with Gasteiger partial charge in [0.05, 0.1) is 11.7 Å². The van der Waals surface area contributed by atoms with E-state index < -0.39 is 15.9 Å². The molecular weight excluding hydrogens is 505 g/mol. The van der Waals surface area contributed by atoms with Crippen LogP contribution in [0.15, 0.2) is 59.6 Å². The van der Waals surface area contributed by atoms with Crippen molar-refractivity contribution >= 4 is 75.3 Å². The van der Waals surface area contributed by atoms with Crippen LogP contribution in [0.1, 0.15) is 22.8 Å². The highest BCUT2D eigenvalue weighted by Crippen LogP contribution is 2.30. The number of rotatable bonds is 4. The molecule has 2 atom stereocenters. The van der Waals surface area contributed by atoms with Gasteiger partial charge in [-0.25, -0.2) is 15.0 Å². The lowest BCUT2D eigenvalue weighted by Gasteiger charge is -2.26. The third-order valence-electron chi connectivity index (χ3n) is 5.06. The second-order valence-electron chi connectivity index (χ2n) is 7.47. The maximum Gasteiger partial charge on any atom is 0.289 e. The largest absolute Gasteiger partial charge is 0.337 e. The molecule has 1 aliphatic heterocycles. The fraction of sp³-hybridized carbons (Fsp3) is 0.273. The maximum atomic E-state index is 13.1. The highest BCUT2D eigenvalue weighted by molar-refractivity contribution is 7.80. The average molecular weight is 527 g/mol.